The zero-order valence-electron chi connectivity index (χ0n) is 20.9. The molecule has 0 aliphatic carbocycles. The highest BCUT2D eigenvalue weighted by atomic mass is 35.5. The zero-order valence-corrected chi connectivity index (χ0v) is 23.3. The number of thioether (sulfide) groups is 1. The molecule has 6 nitrogen and oxygen atoms in total. The van der Waals surface area contributed by atoms with Crippen molar-refractivity contribution in [3.05, 3.63) is 111 Å². The molecular formula is C29H24ClN3O3S2. The molecule has 3 aromatic carbocycles. The molecule has 1 aliphatic rings. The minimum atomic E-state index is -0.880. The molecule has 1 fully saturated rings. The molecule has 2 heterocycles. The van der Waals surface area contributed by atoms with Gasteiger partial charge < -0.3 is 5.11 Å². The molecule has 0 saturated carbocycles. The van der Waals surface area contributed by atoms with Crippen LogP contribution in [-0.2, 0) is 15.3 Å². The standard InChI is InChI=1S/C29H24ClN3O3S2/c1-16-5-8-19(9-6-16)15-37-29-32-31-28(38-29)33-24(20-10-12-21(30)13-11-20)23(26(35)27(33)36)25(34)22-14-17(2)4-7-18(22)3/h4-14,24,34H,15H2,1-3H3. The van der Waals surface area contributed by atoms with Crippen molar-refractivity contribution in [1.82, 2.24) is 10.2 Å². The number of carbonyl (C=O) groups excluding carboxylic acids is 2. The summed E-state index contributed by atoms with van der Waals surface area (Å²) in [5.41, 5.74) is 5.20. The lowest BCUT2D eigenvalue weighted by Crippen LogP contribution is -2.29. The molecule has 1 aliphatic heterocycles. The van der Waals surface area contributed by atoms with Gasteiger partial charge in [0.1, 0.15) is 5.76 Å². The van der Waals surface area contributed by atoms with Gasteiger partial charge in [-0.15, -0.1) is 10.2 Å². The lowest BCUT2D eigenvalue weighted by atomic mass is 9.93. The fourth-order valence-corrected chi connectivity index (χ4v) is 6.26. The van der Waals surface area contributed by atoms with Crippen molar-refractivity contribution in [3.63, 3.8) is 0 Å². The van der Waals surface area contributed by atoms with Gasteiger partial charge in [0.15, 0.2) is 4.34 Å². The van der Waals surface area contributed by atoms with E-state index in [4.69, 9.17) is 11.6 Å². The number of aliphatic hydroxyl groups is 1. The Hall–Kier alpha value is -3.46. The fourth-order valence-electron chi connectivity index (χ4n) is 4.31. The maximum atomic E-state index is 13.4. The predicted octanol–water partition coefficient (Wildman–Crippen LogP) is 7.04. The number of carbonyl (C=O) groups is 2. The molecule has 192 valence electrons. The van der Waals surface area contributed by atoms with Gasteiger partial charge in [-0.2, -0.15) is 0 Å². The third kappa shape index (κ3) is 5.12. The van der Waals surface area contributed by atoms with Crippen LogP contribution in [-0.4, -0.2) is 27.0 Å². The van der Waals surface area contributed by atoms with Crippen LogP contribution in [0.5, 0.6) is 0 Å². The second-order valence-electron chi connectivity index (χ2n) is 9.16. The van der Waals surface area contributed by atoms with E-state index < -0.39 is 17.7 Å². The van der Waals surface area contributed by atoms with E-state index in [1.165, 1.54) is 33.6 Å². The van der Waals surface area contributed by atoms with Crippen LogP contribution >= 0.6 is 34.7 Å². The number of aryl methyl sites for hydroxylation is 3. The number of ketones is 1. The molecule has 4 aromatic rings. The molecule has 1 atom stereocenters. The average molecular weight is 562 g/mol. The van der Waals surface area contributed by atoms with Crippen molar-refractivity contribution in [1.29, 1.82) is 0 Å². The Morgan fingerprint density at radius 3 is 2.37 bits per heavy atom. The van der Waals surface area contributed by atoms with E-state index in [0.717, 1.165) is 16.7 Å². The Kier molecular flexibility index (Phi) is 7.38. The Labute approximate surface area is 234 Å². The largest absolute Gasteiger partial charge is 0.507 e. The molecule has 0 spiro atoms. The van der Waals surface area contributed by atoms with Gasteiger partial charge in [-0.05, 0) is 55.7 Å². The fraction of sp³-hybridized carbons (Fsp3) is 0.172. The Bertz CT molecular complexity index is 1560. The maximum absolute atomic E-state index is 13.4. The maximum Gasteiger partial charge on any atom is 0.301 e. The number of hydrogen-bond acceptors (Lipinski definition) is 7. The van der Waals surface area contributed by atoms with Crippen LogP contribution in [0.4, 0.5) is 5.13 Å². The van der Waals surface area contributed by atoms with Crippen LogP contribution in [0, 0.1) is 20.8 Å². The Morgan fingerprint density at radius 1 is 0.974 bits per heavy atom. The molecule has 0 bridgehead atoms. The zero-order chi connectivity index (χ0) is 27.0. The molecular weight excluding hydrogens is 538 g/mol. The van der Waals surface area contributed by atoms with Gasteiger partial charge in [0.2, 0.25) is 5.13 Å². The molecule has 9 heteroatoms. The Morgan fingerprint density at radius 2 is 1.66 bits per heavy atom. The third-order valence-electron chi connectivity index (χ3n) is 6.36. The normalized spacial score (nSPS) is 16.8. The number of benzene rings is 3. The highest BCUT2D eigenvalue weighted by Crippen LogP contribution is 2.44. The van der Waals surface area contributed by atoms with Gasteiger partial charge in [0, 0.05) is 16.3 Å². The number of halogens is 1. The van der Waals surface area contributed by atoms with E-state index in [1.807, 2.05) is 39.0 Å². The van der Waals surface area contributed by atoms with Crippen LogP contribution < -0.4 is 4.90 Å². The van der Waals surface area contributed by atoms with Gasteiger partial charge in [0.05, 0.1) is 11.6 Å². The summed E-state index contributed by atoms with van der Waals surface area (Å²) >= 11 is 8.88. The molecule has 5 rings (SSSR count). The van der Waals surface area contributed by atoms with Crippen LogP contribution in [0.3, 0.4) is 0 Å². The average Bonchev–Trinajstić information content (AvgIpc) is 3.47. The topological polar surface area (TPSA) is 83.4 Å². The first kappa shape index (κ1) is 26.2. The van der Waals surface area contributed by atoms with Crippen molar-refractivity contribution in [2.45, 2.75) is 36.9 Å². The number of aliphatic hydroxyl groups excluding tert-OH is 1. The smallest absolute Gasteiger partial charge is 0.301 e. The number of nitrogens with zero attached hydrogens (tertiary/aromatic N) is 3. The van der Waals surface area contributed by atoms with Gasteiger partial charge >= 0.3 is 5.91 Å². The van der Waals surface area contributed by atoms with E-state index in [1.54, 1.807) is 24.3 Å². The molecule has 1 N–H and O–H groups in total. The number of anilines is 1. The third-order valence-corrected chi connectivity index (χ3v) is 8.74. The molecule has 1 unspecified atom stereocenters. The van der Waals surface area contributed by atoms with Gasteiger partial charge in [-0.1, -0.05) is 94.4 Å². The first-order valence-corrected chi connectivity index (χ1v) is 14.1. The second-order valence-corrected chi connectivity index (χ2v) is 11.8. The first-order valence-electron chi connectivity index (χ1n) is 11.9. The Balaban J connectivity index is 1.55. The summed E-state index contributed by atoms with van der Waals surface area (Å²) in [6.07, 6.45) is 0. The lowest BCUT2D eigenvalue weighted by molar-refractivity contribution is -0.132. The van der Waals surface area contributed by atoms with Crippen molar-refractivity contribution >= 4 is 57.3 Å². The summed E-state index contributed by atoms with van der Waals surface area (Å²) in [4.78, 5) is 28.2. The van der Waals surface area contributed by atoms with Crippen molar-refractivity contribution in [3.8, 4) is 0 Å². The van der Waals surface area contributed by atoms with Gasteiger partial charge in [0.25, 0.3) is 5.78 Å². The van der Waals surface area contributed by atoms with E-state index in [2.05, 4.69) is 34.5 Å². The van der Waals surface area contributed by atoms with Crippen molar-refractivity contribution in [2.75, 3.05) is 4.90 Å². The molecule has 0 radical (unpaired) electrons. The highest BCUT2D eigenvalue weighted by molar-refractivity contribution is 8.00. The van der Waals surface area contributed by atoms with Crippen LogP contribution in [0.25, 0.3) is 5.76 Å². The monoisotopic (exact) mass is 561 g/mol. The van der Waals surface area contributed by atoms with E-state index in [0.29, 0.717) is 31.4 Å². The molecule has 1 saturated heterocycles. The van der Waals surface area contributed by atoms with E-state index >= 15 is 0 Å². The summed E-state index contributed by atoms with van der Waals surface area (Å²) in [7, 11) is 0. The molecule has 38 heavy (non-hydrogen) atoms. The summed E-state index contributed by atoms with van der Waals surface area (Å²) < 4.78 is 0.673. The summed E-state index contributed by atoms with van der Waals surface area (Å²) in [6, 6.07) is 19.9. The minimum Gasteiger partial charge on any atom is -0.507 e. The highest BCUT2D eigenvalue weighted by Gasteiger charge is 2.48. The van der Waals surface area contributed by atoms with Crippen LogP contribution in [0.2, 0.25) is 5.02 Å². The number of rotatable bonds is 6. The second kappa shape index (κ2) is 10.7. The summed E-state index contributed by atoms with van der Waals surface area (Å²) in [6.45, 7) is 5.80. The van der Waals surface area contributed by atoms with Gasteiger partial charge in [-0.25, -0.2) is 0 Å². The molecule has 1 aromatic heterocycles. The number of amides is 1. The predicted molar refractivity (Wildman–Crippen MR) is 153 cm³/mol. The SMILES string of the molecule is Cc1ccc(CSc2nnc(N3C(=O)C(=O)C(=C(O)c4cc(C)ccc4C)C3c3ccc(Cl)cc3)s2)cc1. The van der Waals surface area contributed by atoms with Gasteiger partial charge in [-0.3, -0.25) is 14.5 Å². The minimum absolute atomic E-state index is 0.00933. The summed E-state index contributed by atoms with van der Waals surface area (Å²) in [5, 5.41) is 20.8. The summed E-state index contributed by atoms with van der Waals surface area (Å²) in [5.74, 6) is -1.05. The van der Waals surface area contributed by atoms with Crippen LogP contribution in [0.1, 0.15) is 39.4 Å². The lowest BCUT2D eigenvalue weighted by Gasteiger charge is -2.22. The first-order chi connectivity index (χ1) is 18.2. The number of Topliss-reactive ketones (excluding diaryl/α,β-unsaturated/α-hetero) is 1. The van der Waals surface area contributed by atoms with E-state index in [9.17, 15) is 14.7 Å². The van der Waals surface area contributed by atoms with Crippen molar-refractivity contribution in [2.24, 2.45) is 0 Å². The number of hydrogen-bond donors (Lipinski definition) is 1. The molecule has 1 amide bonds. The van der Waals surface area contributed by atoms with Crippen molar-refractivity contribution < 1.29 is 14.7 Å². The quantitative estimate of drug-likeness (QED) is 0.0894. The van der Waals surface area contributed by atoms with E-state index in [-0.39, 0.29) is 11.3 Å². The van der Waals surface area contributed by atoms with Crippen LogP contribution in [0.15, 0.2) is 76.6 Å². The number of aromatic nitrogens is 2.